The van der Waals surface area contributed by atoms with Gasteiger partial charge in [0.05, 0.1) is 25.9 Å². The number of ether oxygens (including phenoxy) is 2. The number of nitrogens with one attached hydrogen (secondary N) is 2. The molecule has 2 aliphatic rings. The van der Waals surface area contributed by atoms with Crippen LogP contribution in [0.3, 0.4) is 0 Å². The smallest absolute Gasteiger partial charge is 0.250 e. The Hall–Kier alpha value is -2.60. The fraction of sp³-hybridized carbons (Fsp3) is 0.480. The first kappa shape index (κ1) is 27.4. The maximum absolute atomic E-state index is 12.7. The number of aliphatic hydroxyl groups is 3. The Morgan fingerprint density at radius 2 is 1.84 bits per heavy atom. The summed E-state index contributed by atoms with van der Waals surface area (Å²) in [5.41, 5.74) is 1.52. The summed E-state index contributed by atoms with van der Waals surface area (Å²) >= 11 is 0. The highest BCUT2D eigenvalue weighted by atomic mass is 32.2. The number of hydrogen-bond donors (Lipinski definition) is 5. The minimum absolute atomic E-state index is 0.242. The molecule has 2 aromatic rings. The number of nitriles is 1. The third kappa shape index (κ3) is 7.04. The van der Waals surface area contributed by atoms with Crippen LogP contribution in [0.25, 0.3) is 16.8 Å². The maximum atomic E-state index is 12.7. The van der Waals surface area contributed by atoms with E-state index in [0.29, 0.717) is 5.56 Å². The van der Waals surface area contributed by atoms with Crippen molar-refractivity contribution in [1.29, 1.82) is 5.26 Å². The van der Waals surface area contributed by atoms with E-state index in [2.05, 4.69) is 14.9 Å². The first-order valence-corrected chi connectivity index (χ1v) is 13.6. The molecule has 12 heteroatoms. The molecule has 2 aliphatic heterocycles. The van der Waals surface area contributed by atoms with Crippen molar-refractivity contribution in [3.05, 3.63) is 46.9 Å². The number of aliphatic hydroxyl groups excluding tert-OH is 3. The SMILES string of the molecule is N#C/C(=C\c1ccc2cc(NCCN3CCOCC3)ccc2c1)S(=O)(=O)NC[C@H]1OC[C@H](O)[C@@H](O)[C@@H]1O. The Balaban J connectivity index is 1.39. The Morgan fingerprint density at radius 1 is 1.11 bits per heavy atom. The molecular formula is C25H32N4O7S. The van der Waals surface area contributed by atoms with Crippen LogP contribution in [0, 0.1) is 11.3 Å². The van der Waals surface area contributed by atoms with Gasteiger partial charge >= 0.3 is 0 Å². The maximum Gasteiger partial charge on any atom is 0.250 e. The van der Waals surface area contributed by atoms with E-state index in [4.69, 9.17) is 9.47 Å². The van der Waals surface area contributed by atoms with E-state index in [9.17, 15) is 29.0 Å². The minimum atomic E-state index is -4.21. The number of nitrogens with zero attached hydrogens (tertiary/aromatic N) is 2. The van der Waals surface area contributed by atoms with E-state index in [1.807, 2.05) is 24.3 Å². The average Bonchev–Trinajstić information content (AvgIpc) is 2.90. The lowest BCUT2D eigenvalue weighted by Crippen LogP contribution is -2.56. The van der Waals surface area contributed by atoms with Crippen molar-refractivity contribution < 1.29 is 33.2 Å². The Kier molecular flexibility index (Phi) is 9.12. The van der Waals surface area contributed by atoms with E-state index >= 15 is 0 Å². The number of fused-ring (bicyclic) bond motifs is 1. The Morgan fingerprint density at radius 3 is 2.59 bits per heavy atom. The van der Waals surface area contributed by atoms with Gasteiger partial charge in [-0.1, -0.05) is 18.2 Å². The van der Waals surface area contributed by atoms with Crippen molar-refractivity contribution in [2.45, 2.75) is 24.4 Å². The molecule has 4 atom stereocenters. The molecule has 37 heavy (non-hydrogen) atoms. The third-order valence-corrected chi connectivity index (χ3v) is 7.84. The van der Waals surface area contributed by atoms with Crippen LogP contribution in [0.4, 0.5) is 5.69 Å². The summed E-state index contributed by atoms with van der Waals surface area (Å²) in [7, 11) is -4.21. The molecule has 0 unspecified atom stereocenters. The minimum Gasteiger partial charge on any atom is -0.388 e. The molecular weight excluding hydrogens is 500 g/mol. The third-order valence-electron chi connectivity index (χ3n) is 6.50. The second-order valence-corrected chi connectivity index (χ2v) is 10.8. The van der Waals surface area contributed by atoms with Gasteiger partial charge < -0.3 is 30.1 Å². The summed E-state index contributed by atoms with van der Waals surface area (Å²) in [6.45, 7) is 4.54. The van der Waals surface area contributed by atoms with Crippen LogP contribution in [0.1, 0.15) is 5.56 Å². The van der Waals surface area contributed by atoms with E-state index in [-0.39, 0.29) is 13.2 Å². The quantitative estimate of drug-likeness (QED) is 0.274. The van der Waals surface area contributed by atoms with Crippen LogP contribution in [-0.2, 0) is 19.5 Å². The van der Waals surface area contributed by atoms with Crippen LogP contribution in [-0.4, -0.2) is 106 Å². The van der Waals surface area contributed by atoms with Crippen LogP contribution in [0.2, 0.25) is 0 Å². The lowest BCUT2D eigenvalue weighted by atomic mass is 10.0. The van der Waals surface area contributed by atoms with Crippen molar-refractivity contribution in [2.75, 3.05) is 57.9 Å². The van der Waals surface area contributed by atoms with E-state index in [0.717, 1.165) is 55.9 Å². The summed E-state index contributed by atoms with van der Waals surface area (Å²) in [4.78, 5) is 1.85. The summed E-state index contributed by atoms with van der Waals surface area (Å²) in [6.07, 6.45) is -3.97. The van der Waals surface area contributed by atoms with Gasteiger partial charge in [-0.05, 0) is 40.6 Å². The van der Waals surface area contributed by atoms with Gasteiger partial charge in [0, 0.05) is 38.4 Å². The number of hydrogen-bond acceptors (Lipinski definition) is 10. The molecule has 0 aromatic heterocycles. The van der Waals surface area contributed by atoms with E-state index in [1.165, 1.54) is 6.08 Å². The van der Waals surface area contributed by atoms with Crippen molar-refractivity contribution in [1.82, 2.24) is 9.62 Å². The fourth-order valence-electron chi connectivity index (χ4n) is 4.28. The number of benzene rings is 2. The first-order chi connectivity index (χ1) is 17.8. The topological polar surface area (TPSA) is 164 Å². The predicted molar refractivity (Wildman–Crippen MR) is 138 cm³/mol. The molecule has 200 valence electrons. The van der Waals surface area contributed by atoms with Gasteiger partial charge in [-0.15, -0.1) is 0 Å². The van der Waals surface area contributed by atoms with Gasteiger partial charge in [-0.3, -0.25) is 4.90 Å². The second kappa shape index (κ2) is 12.3. The molecule has 0 spiro atoms. The molecule has 0 bridgehead atoms. The van der Waals surface area contributed by atoms with Crippen LogP contribution < -0.4 is 10.0 Å². The molecule has 0 saturated carbocycles. The van der Waals surface area contributed by atoms with Gasteiger partial charge in [0.25, 0.3) is 10.0 Å². The van der Waals surface area contributed by atoms with E-state index in [1.54, 1.807) is 18.2 Å². The van der Waals surface area contributed by atoms with E-state index < -0.39 is 39.3 Å². The predicted octanol–water partition coefficient (Wildman–Crippen LogP) is -0.151. The highest BCUT2D eigenvalue weighted by molar-refractivity contribution is 7.93. The summed E-state index contributed by atoms with van der Waals surface area (Å²) in [5.74, 6) is 0. The lowest BCUT2D eigenvalue weighted by molar-refractivity contribution is -0.184. The van der Waals surface area contributed by atoms with Gasteiger partial charge in [-0.25, -0.2) is 13.1 Å². The number of rotatable bonds is 9. The summed E-state index contributed by atoms with van der Waals surface area (Å²) < 4.78 is 38.2. The van der Waals surface area contributed by atoms with Crippen LogP contribution in [0.15, 0.2) is 41.3 Å². The zero-order valence-electron chi connectivity index (χ0n) is 20.3. The Labute approximate surface area is 216 Å². The van der Waals surface area contributed by atoms with Crippen LogP contribution >= 0.6 is 0 Å². The van der Waals surface area contributed by atoms with Crippen LogP contribution in [0.5, 0.6) is 0 Å². The summed E-state index contributed by atoms with van der Waals surface area (Å²) in [6, 6.07) is 13.0. The van der Waals surface area contributed by atoms with Crippen molar-refractivity contribution >= 4 is 32.6 Å². The van der Waals surface area contributed by atoms with Gasteiger partial charge in [0.1, 0.15) is 24.4 Å². The molecule has 2 fully saturated rings. The number of morpholine rings is 1. The molecule has 4 rings (SSSR count). The average molecular weight is 533 g/mol. The largest absolute Gasteiger partial charge is 0.388 e. The zero-order valence-corrected chi connectivity index (χ0v) is 21.1. The van der Waals surface area contributed by atoms with Crippen molar-refractivity contribution in [2.24, 2.45) is 0 Å². The van der Waals surface area contributed by atoms with Gasteiger partial charge in [0.2, 0.25) is 0 Å². The molecule has 0 amide bonds. The molecule has 2 aromatic carbocycles. The normalized spacial score (nSPS) is 25.6. The zero-order chi connectivity index (χ0) is 26.4. The molecule has 2 heterocycles. The number of sulfonamides is 1. The first-order valence-electron chi connectivity index (χ1n) is 12.1. The highest BCUT2D eigenvalue weighted by Gasteiger charge is 2.38. The molecule has 11 nitrogen and oxygen atoms in total. The van der Waals surface area contributed by atoms with Gasteiger partial charge in [-0.2, -0.15) is 5.26 Å². The second-order valence-electron chi connectivity index (χ2n) is 9.09. The lowest BCUT2D eigenvalue weighted by Gasteiger charge is -2.35. The standard InChI is InChI=1S/C25H32N4O7S/c26-14-21(37(33,34)28-15-23-25(32)24(31)22(30)16-36-23)12-17-1-2-19-13-20(4-3-18(19)11-17)27-5-6-29-7-9-35-10-8-29/h1-4,11-13,22-25,27-28,30-32H,5-10,15-16H2/b21-12+/t22-,23+,24+,25+/m0/s1. The van der Waals surface area contributed by atoms with Crippen molar-refractivity contribution in [3.8, 4) is 6.07 Å². The van der Waals surface area contributed by atoms with Crippen molar-refractivity contribution in [3.63, 3.8) is 0 Å². The van der Waals surface area contributed by atoms with Gasteiger partial charge in [0.15, 0.2) is 4.91 Å². The summed E-state index contributed by atoms with van der Waals surface area (Å²) in [5, 5.41) is 44.1. The molecule has 5 N–H and O–H groups in total. The molecule has 0 radical (unpaired) electrons. The monoisotopic (exact) mass is 532 g/mol. The Bertz CT molecular complexity index is 1260. The molecule has 0 aliphatic carbocycles. The fourth-order valence-corrected chi connectivity index (χ4v) is 5.24. The number of anilines is 1. The highest BCUT2D eigenvalue weighted by Crippen LogP contribution is 2.23. The number of allylic oxidation sites excluding steroid dienone is 1. The molecule has 2 saturated heterocycles.